The van der Waals surface area contributed by atoms with Gasteiger partial charge in [0.1, 0.15) is 0 Å². The third kappa shape index (κ3) is 4.66. The van der Waals surface area contributed by atoms with Crippen molar-refractivity contribution in [1.29, 1.82) is 0 Å². The Bertz CT molecular complexity index is 348. The third-order valence-corrected chi connectivity index (χ3v) is 2.08. The topological polar surface area (TPSA) is 27.3 Å². The van der Waals surface area contributed by atoms with Gasteiger partial charge in [0.2, 0.25) is 0 Å². The maximum absolute atomic E-state index is 5.84. The fourth-order valence-electron chi connectivity index (χ4n) is 0.988. The lowest BCUT2D eigenvalue weighted by molar-refractivity contribution is 0.365. The summed E-state index contributed by atoms with van der Waals surface area (Å²) in [6.07, 6.45) is 0. The molecule has 1 rings (SSSR count). The lowest BCUT2D eigenvalue weighted by Crippen LogP contribution is -2.38. The van der Waals surface area contributed by atoms with Crippen LogP contribution in [0.5, 0.6) is 0 Å². The maximum Gasteiger partial charge on any atom is 0.185 e. The number of thiocarbonyl (C=S) groups is 1. The number of halogens is 2. The van der Waals surface area contributed by atoms with E-state index in [4.69, 9.17) is 35.4 Å². The molecule has 2 N–H and O–H groups in total. The Hall–Kier alpha value is -0.550. The monoisotopic (exact) mass is 263 g/mol. The van der Waals surface area contributed by atoms with E-state index in [1.807, 2.05) is 14.1 Å². The molecule has 0 fully saturated rings. The highest BCUT2D eigenvalue weighted by atomic mass is 35.5. The van der Waals surface area contributed by atoms with Crippen molar-refractivity contribution in [2.24, 2.45) is 0 Å². The van der Waals surface area contributed by atoms with E-state index >= 15 is 0 Å². The third-order valence-electron chi connectivity index (χ3n) is 1.45. The maximum atomic E-state index is 5.84. The molecule has 6 heteroatoms. The van der Waals surface area contributed by atoms with Gasteiger partial charge in [-0.25, -0.2) is 5.01 Å². The van der Waals surface area contributed by atoms with Gasteiger partial charge in [0, 0.05) is 29.8 Å². The fraction of sp³-hybridized carbons (Fsp3) is 0.222. The molecule has 0 aromatic heterocycles. The standard InChI is InChI=1S/C9H11Cl2N3S/c1-14(2)13-9(15)12-8-4-6(10)3-7(11)5-8/h3-5H,1-2H3,(H2,12,13,15). The van der Waals surface area contributed by atoms with Gasteiger partial charge < -0.3 is 5.32 Å². The largest absolute Gasteiger partial charge is 0.332 e. The Morgan fingerprint density at radius 1 is 1.20 bits per heavy atom. The molecule has 0 radical (unpaired) electrons. The number of anilines is 1. The van der Waals surface area contributed by atoms with E-state index in [1.165, 1.54) is 0 Å². The lowest BCUT2D eigenvalue weighted by atomic mass is 10.3. The van der Waals surface area contributed by atoms with Crippen LogP contribution in [0.2, 0.25) is 10.0 Å². The van der Waals surface area contributed by atoms with Crippen molar-refractivity contribution in [2.45, 2.75) is 0 Å². The van der Waals surface area contributed by atoms with Crippen molar-refractivity contribution in [2.75, 3.05) is 19.4 Å². The van der Waals surface area contributed by atoms with Crippen molar-refractivity contribution >= 4 is 46.2 Å². The van der Waals surface area contributed by atoms with Gasteiger partial charge in [0.15, 0.2) is 5.11 Å². The molecular weight excluding hydrogens is 253 g/mol. The van der Waals surface area contributed by atoms with Gasteiger partial charge in [-0.15, -0.1) is 0 Å². The fourth-order valence-corrected chi connectivity index (χ4v) is 1.81. The van der Waals surface area contributed by atoms with Gasteiger partial charge in [-0.05, 0) is 30.4 Å². The van der Waals surface area contributed by atoms with Crippen LogP contribution >= 0.6 is 35.4 Å². The summed E-state index contributed by atoms with van der Waals surface area (Å²) < 4.78 is 0. The summed E-state index contributed by atoms with van der Waals surface area (Å²) in [6, 6.07) is 5.16. The predicted molar refractivity (Wildman–Crippen MR) is 69.5 cm³/mol. The van der Waals surface area contributed by atoms with Gasteiger partial charge in [-0.3, -0.25) is 5.43 Å². The van der Waals surface area contributed by atoms with Crippen LogP contribution in [-0.2, 0) is 0 Å². The van der Waals surface area contributed by atoms with E-state index in [0.717, 1.165) is 5.69 Å². The normalized spacial score (nSPS) is 10.2. The first kappa shape index (κ1) is 12.5. The van der Waals surface area contributed by atoms with Gasteiger partial charge >= 0.3 is 0 Å². The second-order valence-corrected chi connectivity index (χ2v) is 4.40. The molecule has 82 valence electrons. The van der Waals surface area contributed by atoms with Crippen LogP contribution in [0.15, 0.2) is 18.2 Å². The molecule has 0 heterocycles. The summed E-state index contributed by atoms with van der Waals surface area (Å²) >= 11 is 16.7. The first-order chi connectivity index (χ1) is 6.97. The molecule has 0 aliphatic rings. The van der Waals surface area contributed by atoms with Crippen LogP contribution in [0.1, 0.15) is 0 Å². The summed E-state index contributed by atoms with van der Waals surface area (Å²) in [4.78, 5) is 0. The highest BCUT2D eigenvalue weighted by Crippen LogP contribution is 2.22. The molecule has 15 heavy (non-hydrogen) atoms. The Balaban J connectivity index is 2.68. The number of benzene rings is 1. The van der Waals surface area contributed by atoms with E-state index in [2.05, 4.69) is 10.7 Å². The molecule has 0 bridgehead atoms. The SMILES string of the molecule is CN(C)NC(=S)Nc1cc(Cl)cc(Cl)c1. The van der Waals surface area contributed by atoms with E-state index in [0.29, 0.717) is 15.2 Å². The highest BCUT2D eigenvalue weighted by molar-refractivity contribution is 7.80. The number of hydrazine groups is 1. The van der Waals surface area contributed by atoms with Gasteiger partial charge in [0.05, 0.1) is 0 Å². The molecule has 0 aliphatic carbocycles. The Kier molecular flexibility index (Phi) is 4.60. The number of hydrogen-bond donors (Lipinski definition) is 2. The molecule has 0 amide bonds. The zero-order valence-corrected chi connectivity index (χ0v) is 10.7. The molecular formula is C9H11Cl2N3S. The van der Waals surface area contributed by atoms with Crippen LogP contribution < -0.4 is 10.7 Å². The average molecular weight is 264 g/mol. The average Bonchev–Trinajstić information content (AvgIpc) is 1.98. The smallest absolute Gasteiger partial charge is 0.185 e. The molecule has 0 spiro atoms. The molecule has 0 saturated carbocycles. The molecule has 0 atom stereocenters. The van der Waals surface area contributed by atoms with Crippen molar-refractivity contribution in [1.82, 2.24) is 10.4 Å². The minimum Gasteiger partial charge on any atom is -0.332 e. The second kappa shape index (κ2) is 5.51. The summed E-state index contributed by atoms with van der Waals surface area (Å²) in [6.45, 7) is 0. The van der Waals surface area contributed by atoms with Gasteiger partial charge in [-0.1, -0.05) is 23.2 Å². The van der Waals surface area contributed by atoms with Crippen LogP contribution in [-0.4, -0.2) is 24.2 Å². The first-order valence-electron chi connectivity index (χ1n) is 4.18. The van der Waals surface area contributed by atoms with Crippen molar-refractivity contribution < 1.29 is 0 Å². The zero-order valence-electron chi connectivity index (χ0n) is 8.34. The summed E-state index contributed by atoms with van der Waals surface area (Å²) in [5.41, 5.74) is 3.65. The zero-order chi connectivity index (χ0) is 11.4. The highest BCUT2D eigenvalue weighted by Gasteiger charge is 2.01. The van der Waals surface area contributed by atoms with Gasteiger partial charge in [0.25, 0.3) is 0 Å². The molecule has 1 aromatic carbocycles. The quantitative estimate of drug-likeness (QED) is 0.634. The summed E-state index contributed by atoms with van der Waals surface area (Å²) in [5, 5.41) is 6.32. The van der Waals surface area contributed by atoms with Crippen molar-refractivity contribution in [3.05, 3.63) is 28.2 Å². The van der Waals surface area contributed by atoms with Crippen LogP contribution in [0.3, 0.4) is 0 Å². The number of nitrogens with zero attached hydrogens (tertiary/aromatic N) is 1. The van der Waals surface area contributed by atoms with E-state index in [-0.39, 0.29) is 0 Å². The number of nitrogens with one attached hydrogen (secondary N) is 2. The Morgan fingerprint density at radius 2 is 1.73 bits per heavy atom. The minimum atomic E-state index is 0.485. The Labute approximate surface area is 104 Å². The van der Waals surface area contributed by atoms with Crippen molar-refractivity contribution in [3.63, 3.8) is 0 Å². The van der Waals surface area contributed by atoms with E-state index < -0.39 is 0 Å². The van der Waals surface area contributed by atoms with Gasteiger partial charge in [-0.2, -0.15) is 0 Å². The van der Waals surface area contributed by atoms with Crippen LogP contribution in [0.25, 0.3) is 0 Å². The summed E-state index contributed by atoms with van der Waals surface area (Å²) in [5.74, 6) is 0. The molecule has 0 aliphatic heterocycles. The molecule has 1 aromatic rings. The van der Waals surface area contributed by atoms with Crippen LogP contribution in [0, 0.1) is 0 Å². The summed E-state index contributed by atoms with van der Waals surface area (Å²) in [7, 11) is 3.69. The molecule has 0 saturated heterocycles. The van der Waals surface area contributed by atoms with Crippen LogP contribution in [0.4, 0.5) is 5.69 Å². The van der Waals surface area contributed by atoms with Crippen molar-refractivity contribution in [3.8, 4) is 0 Å². The molecule has 3 nitrogen and oxygen atoms in total. The second-order valence-electron chi connectivity index (χ2n) is 3.12. The lowest BCUT2D eigenvalue weighted by Gasteiger charge is -2.15. The first-order valence-corrected chi connectivity index (χ1v) is 5.35. The minimum absolute atomic E-state index is 0.485. The number of rotatable bonds is 2. The number of hydrogen-bond acceptors (Lipinski definition) is 2. The molecule has 0 unspecified atom stereocenters. The van der Waals surface area contributed by atoms with E-state index in [1.54, 1.807) is 23.2 Å². The Morgan fingerprint density at radius 3 is 2.20 bits per heavy atom. The van der Waals surface area contributed by atoms with E-state index in [9.17, 15) is 0 Å². The predicted octanol–water partition coefficient (Wildman–Crippen LogP) is 2.76.